The fourth-order valence-electron chi connectivity index (χ4n) is 4.07. The molecule has 0 spiro atoms. The van der Waals surface area contributed by atoms with Crippen LogP contribution in [0.1, 0.15) is 58.9 Å². The van der Waals surface area contributed by atoms with Gasteiger partial charge in [-0.1, -0.05) is 19.1 Å². The maximum atomic E-state index is 12.7. The van der Waals surface area contributed by atoms with E-state index in [0.717, 1.165) is 44.2 Å². The number of para-hydroxylation sites is 1. The topological polar surface area (TPSA) is 65.1 Å². The van der Waals surface area contributed by atoms with Crippen molar-refractivity contribution in [2.75, 3.05) is 13.2 Å². The Hall–Kier alpha value is -2.24. The highest BCUT2D eigenvalue weighted by Gasteiger charge is 2.33. The van der Waals surface area contributed by atoms with Crippen molar-refractivity contribution in [3.8, 4) is 11.5 Å². The van der Waals surface area contributed by atoms with E-state index in [9.17, 15) is 9.59 Å². The molecule has 2 aliphatic rings. The van der Waals surface area contributed by atoms with Gasteiger partial charge in [-0.05, 0) is 52.5 Å². The van der Waals surface area contributed by atoms with E-state index in [4.69, 9.17) is 14.2 Å². The molecule has 2 heterocycles. The van der Waals surface area contributed by atoms with E-state index in [0.29, 0.717) is 11.5 Å². The van der Waals surface area contributed by atoms with Gasteiger partial charge < -0.3 is 19.1 Å². The van der Waals surface area contributed by atoms with Crippen molar-refractivity contribution in [1.82, 2.24) is 4.90 Å². The summed E-state index contributed by atoms with van der Waals surface area (Å²) >= 11 is 0. The summed E-state index contributed by atoms with van der Waals surface area (Å²) < 4.78 is 16.9. The van der Waals surface area contributed by atoms with E-state index in [1.807, 2.05) is 30.9 Å². The van der Waals surface area contributed by atoms with Gasteiger partial charge in [0.1, 0.15) is 5.60 Å². The minimum Gasteiger partial charge on any atom is -0.483 e. The predicted molar refractivity (Wildman–Crippen MR) is 106 cm³/mol. The van der Waals surface area contributed by atoms with Crippen molar-refractivity contribution < 1.29 is 23.8 Å². The number of hydrogen-bond acceptors (Lipinski definition) is 5. The summed E-state index contributed by atoms with van der Waals surface area (Å²) in [5, 5.41) is 0. The molecular formula is C22H31NO5. The highest BCUT2D eigenvalue weighted by molar-refractivity contribution is 5.84. The zero-order chi connectivity index (χ0) is 20.3. The molecule has 1 amide bonds. The van der Waals surface area contributed by atoms with Gasteiger partial charge in [0, 0.05) is 24.6 Å². The Morgan fingerprint density at radius 1 is 1.32 bits per heavy atom. The van der Waals surface area contributed by atoms with E-state index in [2.05, 4.69) is 6.92 Å². The highest BCUT2D eigenvalue weighted by Crippen LogP contribution is 2.41. The lowest BCUT2D eigenvalue weighted by Gasteiger charge is -2.36. The number of benzene rings is 1. The van der Waals surface area contributed by atoms with Crippen LogP contribution in [0.3, 0.4) is 0 Å². The van der Waals surface area contributed by atoms with Crippen molar-refractivity contribution >= 4 is 11.9 Å². The number of amides is 1. The lowest BCUT2D eigenvalue weighted by atomic mass is 9.99. The average Bonchev–Trinajstić information content (AvgIpc) is 2.99. The molecule has 0 aliphatic carbocycles. The Bertz CT molecular complexity index is 730. The van der Waals surface area contributed by atoms with Crippen LogP contribution in [0, 0.1) is 0 Å². The fraction of sp³-hybridized carbons (Fsp3) is 0.636. The standard InChI is InChI=1S/C22H31NO5/c1-5-17-10-6-7-12-23(17)21(25)15(2)27-19(24)14-26-18-11-8-9-16-13-22(3,4)28-20(16)18/h8-9,11,15,17H,5-7,10,12-14H2,1-4H3. The largest absolute Gasteiger partial charge is 0.483 e. The summed E-state index contributed by atoms with van der Waals surface area (Å²) in [6.45, 7) is 8.23. The number of ether oxygens (including phenoxy) is 3. The molecule has 2 aliphatic heterocycles. The second-order valence-electron chi connectivity index (χ2n) is 8.29. The molecule has 1 saturated heterocycles. The van der Waals surface area contributed by atoms with Crippen LogP contribution in [-0.4, -0.2) is 47.7 Å². The number of hydrogen-bond donors (Lipinski definition) is 0. The van der Waals surface area contributed by atoms with Crippen molar-refractivity contribution in [3.63, 3.8) is 0 Å². The first-order valence-corrected chi connectivity index (χ1v) is 10.2. The van der Waals surface area contributed by atoms with Gasteiger partial charge in [0.25, 0.3) is 5.91 Å². The van der Waals surface area contributed by atoms with Crippen molar-refractivity contribution in [1.29, 1.82) is 0 Å². The Morgan fingerprint density at radius 2 is 2.11 bits per heavy atom. The number of rotatable bonds is 6. The number of carbonyl (C=O) groups excluding carboxylic acids is 2. The third kappa shape index (κ3) is 4.59. The van der Waals surface area contributed by atoms with E-state index >= 15 is 0 Å². The van der Waals surface area contributed by atoms with Crippen molar-refractivity contribution in [2.24, 2.45) is 0 Å². The van der Waals surface area contributed by atoms with Gasteiger partial charge in [0.2, 0.25) is 0 Å². The summed E-state index contributed by atoms with van der Waals surface area (Å²) in [7, 11) is 0. The van der Waals surface area contributed by atoms with Crippen LogP contribution in [0.5, 0.6) is 11.5 Å². The molecule has 1 aromatic rings. The zero-order valence-electron chi connectivity index (χ0n) is 17.3. The van der Waals surface area contributed by atoms with E-state index in [1.165, 1.54) is 0 Å². The second kappa shape index (κ2) is 8.41. The van der Waals surface area contributed by atoms with Crippen LogP contribution in [0.25, 0.3) is 0 Å². The Labute approximate surface area is 167 Å². The Morgan fingerprint density at radius 3 is 2.86 bits per heavy atom. The van der Waals surface area contributed by atoms with Gasteiger partial charge in [0.05, 0.1) is 0 Å². The van der Waals surface area contributed by atoms with Crippen LogP contribution in [0.2, 0.25) is 0 Å². The van der Waals surface area contributed by atoms with Crippen LogP contribution in [0.15, 0.2) is 18.2 Å². The summed E-state index contributed by atoms with van der Waals surface area (Å²) in [6, 6.07) is 5.91. The van der Waals surface area contributed by atoms with E-state index in [-0.39, 0.29) is 24.2 Å². The molecule has 0 saturated carbocycles. The molecule has 3 rings (SSSR count). The molecule has 6 nitrogen and oxygen atoms in total. The first-order chi connectivity index (χ1) is 13.3. The first kappa shape index (κ1) is 20.5. The molecule has 0 aromatic heterocycles. The van der Waals surface area contributed by atoms with Crippen molar-refractivity contribution in [3.05, 3.63) is 23.8 Å². The molecule has 6 heteroatoms. The predicted octanol–water partition coefficient (Wildman–Crippen LogP) is 3.50. The normalized spacial score (nSPS) is 21.4. The lowest BCUT2D eigenvalue weighted by Crippen LogP contribution is -2.48. The van der Waals surface area contributed by atoms with Crippen LogP contribution in [-0.2, 0) is 20.7 Å². The number of fused-ring (bicyclic) bond motifs is 1. The Balaban J connectivity index is 1.54. The number of esters is 1. The third-order valence-corrected chi connectivity index (χ3v) is 5.44. The quantitative estimate of drug-likeness (QED) is 0.697. The van der Waals surface area contributed by atoms with Gasteiger partial charge in [-0.25, -0.2) is 4.79 Å². The molecule has 28 heavy (non-hydrogen) atoms. The first-order valence-electron chi connectivity index (χ1n) is 10.2. The molecule has 1 fully saturated rings. The molecular weight excluding hydrogens is 358 g/mol. The third-order valence-electron chi connectivity index (χ3n) is 5.44. The fourth-order valence-corrected chi connectivity index (χ4v) is 4.07. The van der Waals surface area contributed by atoms with Crippen LogP contribution < -0.4 is 9.47 Å². The molecule has 0 N–H and O–H groups in total. The van der Waals surface area contributed by atoms with E-state index in [1.54, 1.807) is 13.0 Å². The van der Waals surface area contributed by atoms with Crippen molar-refractivity contribution in [2.45, 2.75) is 77.5 Å². The molecule has 2 unspecified atom stereocenters. The summed E-state index contributed by atoms with van der Waals surface area (Å²) in [4.78, 5) is 26.8. The number of piperidine rings is 1. The van der Waals surface area contributed by atoms with Crippen LogP contribution in [0.4, 0.5) is 0 Å². The van der Waals surface area contributed by atoms with Gasteiger partial charge in [-0.3, -0.25) is 4.79 Å². The number of nitrogens with zero attached hydrogens (tertiary/aromatic N) is 1. The number of carbonyl (C=O) groups is 2. The maximum absolute atomic E-state index is 12.7. The van der Waals surface area contributed by atoms with Gasteiger partial charge in [-0.15, -0.1) is 0 Å². The maximum Gasteiger partial charge on any atom is 0.344 e. The summed E-state index contributed by atoms with van der Waals surface area (Å²) in [5.41, 5.74) is 0.781. The smallest absolute Gasteiger partial charge is 0.344 e. The molecule has 154 valence electrons. The Kier molecular flexibility index (Phi) is 6.16. The van der Waals surface area contributed by atoms with Crippen LogP contribution >= 0.6 is 0 Å². The minimum absolute atomic E-state index is 0.120. The van der Waals surface area contributed by atoms with E-state index < -0.39 is 12.1 Å². The lowest BCUT2D eigenvalue weighted by molar-refractivity contribution is -0.162. The van der Waals surface area contributed by atoms with Gasteiger partial charge >= 0.3 is 5.97 Å². The second-order valence-corrected chi connectivity index (χ2v) is 8.29. The molecule has 2 atom stereocenters. The molecule has 0 bridgehead atoms. The summed E-state index contributed by atoms with van der Waals surface area (Å²) in [5.74, 6) is 0.538. The molecule has 1 aromatic carbocycles. The SMILES string of the molecule is CCC1CCCCN1C(=O)C(C)OC(=O)COc1cccc2c1OC(C)(C)C2. The monoisotopic (exact) mass is 389 g/mol. The minimum atomic E-state index is -0.806. The number of likely N-dealkylation sites (tertiary alicyclic amines) is 1. The van der Waals surface area contributed by atoms with Gasteiger partial charge in [-0.2, -0.15) is 0 Å². The highest BCUT2D eigenvalue weighted by atomic mass is 16.6. The average molecular weight is 389 g/mol. The summed E-state index contributed by atoms with van der Waals surface area (Å²) in [6.07, 6.45) is 4.07. The zero-order valence-corrected chi connectivity index (χ0v) is 17.3. The molecule has 0 radical (unpaired) electrons. The van der Waals surface area contributed by atoms with Gasteiger partial charge in [0.15, 0.2) is 24.2 Å².